The van der Waals surface area contributed by atoms with E-state index in [9.17, 15) is 0 Å². The highest BCUT2D eigenvalue weighted by Crippen LogP contribution is 2.10. The first-order chi connectivity index (χ1) is 6.86. The van der Waals surface area contributed by atoms with Crippen molar-refractivity contribution >= 4 is 11.3 Å². The smallest absolute Gasteiger partial charge is 0.0924 e. The number of thiazole rings is 1. The van der Waals surface area contributed by atoms with Crippen molar-refractivity contribution in [3.05, 3.63) is 16.6 Å². The summed E-state index contributed by atoms with van der Waals surface area (Å²) in [4.78, 5) is 4.28. The highest BCUT2D eigenvalue weighted by Gasteiger charge is 2.04. The molecule has 0 spiro atoms. The van der Waals surface area contributed by atoms with E-state index in [0.29, 0.717) is 6.04 Å². The van der Waals surface area contributed by atoms with Crippen molar-refractivity contribution < 1.29 is 0 Å². The van der Waals surface area contributed by atoms with E-state index in [4.69, 9.17) is 0 Å². The van der Waals surface area contributed by atoms with Gasteiger partial charge in [-0.1, -0.05) is 13.8 Å². The first kappa shape index (κ1) is 11.7. The standard InChI is InChI=1S/C11H20N2S/c1-3-10(12-4-2)6-5-7-11-13-8-9-14-11/h8-10,12H,3-7H2,1-2H3. The van der Waals surface area contributed by atoms with Gasteiger partial charge in [-0.15, -0.1) is 11.3 Å². The highest BCUT2D eigenvalue weighted by atomic mass is 32.1. The topological polar surface area (TPSA) is 24.9 Å². The van der Waals surface area contributed by atoms with Gasteiger partial charge in [0, 0.05) is 17.6 Å². The molecule has 0 aliphatic heterocycles. The quantitative estimate of drug-likeness (QED) is 0.752. The molecule has 0 amide bonds. The third-order valence-corrected chi connectivity index (χ3v) is 3.25. The monoisotopic (exact) mass is 212 g/mol. The summed E-state index contributed by atoms with van der Waals surface area (Å²) in [5, 5.41) is 6.82. The fraction of sp³-hybridized carbons (Fsp3) is 0.727. The minimum absolute atomic E-state index is 0.694. The van der Waals surface area contributed by atoms with E-state index in [1.165, 1.54) is 24.3 Å². The lowest BCUT2D eigenvalue weighted by Crippen LogP contribution is -2.27. The maximum Gasteiger partial charge on any atom is 0.0924 e. The second kappa shape index (κ2) is 6.96. The fourth-order valence-corrected chi connectivity index (χ4v) is 2.28. The van der Waals surface area contributed by atoms with Crippen LogP contribution in [0.3, 0.4) is 0 Å². The number of aromatic nitrogens is 1. The summed E-state index contributed by atoms with van der Waals surface area (Å²) in [5.41, 5.74) is 0. The molecular weight excluding hydrogens is 192 g/mol. The van der Waals surface area contributed by atoms with Crippen LogP contribution in [0.1, 0.15) is 38.1 Å². The largest absolute Gasteiger partial charge is 0.314 e. The molecule has 1 aromatic heterocycles. The van der Waals surface area contributed by atoms with E-state index in [2.05, 4.69) is 29.5 Å². The normalized spacial score (nSPS) is 13.0. The molecule has 1 rings (SSSR count). The first-order valence-electron chi connectivity index (χ1n) is 5.48. The average molecular weight is 212 g/mol. The summed E-state index contributed by atoms with van der Waals surface area (Å²) in [6.07, 6.45) is 6.77. The Hall–Kier alpha value is -0.410. The van der Waals surface area contributed by atoms with Crippen molar-refractivity contribution in [2.24, 2.45) is 0 Å². The SMILES string of the molecule is CCNC(CC)CCCc1nccs1. The van der Waals surface area contributed by atoms with Crippen LogP contribution in [0.4, 0.5) is 0 Å². The zero-order valence-corrected chi connectivity index (χ0v) is 9.94. The van der Waals surface area contributed by atoms with Crippen LogP contribution < -0.4 is 5.32 Å². The molecule has 80 valence electrons. The predicted molar refractivity (Wildman–Crippen MR) is 62.8 cm³/mol. The zero-order chi connectivity index (χ0) is 10.2. The Morgan fingerprint density at radius 2 is 2.36 bits per heavy atom. The molecule has 1 heterocycles. The molecule has 14 heavy (non-hydrogen) atoms. The zero-order valence-electron chi connectivity index (χ0n) is 9.12. The summed E-state index contributed by atoms with van der Waals surface area (Å²) in [5.74, 6) is 0. The van der Waals surface area contributed by atoms with Gasteiger partial charge in [0.1, 0.15) is 0 Å². The second-order valence-electron chi connectivity index (χ2n) is 3.48. The maximum absolute atomic E-state index is 4.28. The number of hydrogen-bond donors (Lipinski definition) is 1. The van der Waals surface area contributed by atoms with Crippen LogP contribution in [0.25, 0.3) is 0 Å². The summed E-state index contributed by atoms with van der Waals surface area (Å²) in [6.45, 7) is 5.50. The van der Waals surface area contributed by atoms with Gasteiger partial charge < -0.3 is 5.32 Å². The Bertz CT molecular complexity index is 221. The molecule has 1 aromatic rings. The minimum atomic E-state index is 0.694. The van der Waals surface area contributed by atoms with Gasteiger partial charge in [0.15, 0.2) is 0 Å². The lowest BCUT2D eigenvalue weighted by Gasteiger charge is -2.14. The molecule has 0 saturated heterocycles. The molecular formula is C11H20N2S. The second-order valence-corrected chi connectivity index (χ2v) is 4.46. The summed E-state index contributed by atoms with van der Waals surface area (Å²) in [7, 11) is 0. The fourth-order valence-electron chi connectivity index (χ4n) is 1.62. The van der Waals surface area contributed by atoms with Crippen LogP contribution in [0.5, 0.6) is 0 Å². The number of nitrogens with zero attached hydrogens (tertiary/aromatic N) is 1. The van der Waals surface area contributed by atoms with Crippen LogP contribution in [-0.2, 0) is 6.42 Å². The summed E-state index contributed by atoms with van der Waals surface area (Å²) >= 11 is 1.76. The Kier molecular flexibility index (Phi) is 5.80. The molecule has 3 heteroatoms. The summed E-state index contributed by atoms with van der Waals surface area (Å²) < 4.78 is 0. The summed E-state index contributed by atoms with van der Waals surface area (Å²) in [6, 6.07) is 0.694. The van der Waals surface area contributed by atoms with Gasteiger partial charge >= 0.3 is 0 Å². The molecule has 0 saturated carbocycles. The maximum atomic E-state index is 4.28. The van der Waals surface area contributed by atoms with Gasteiger partial charge in [-0.3, -0.25) is 0 Å². The van der Waals surface area contributed by atoms with Crippen LogP contribution in [0.2, 0.25) is 0 Å². The van der Waals surface area contributed by atoms with Crippen LogP contribution in [-0.4, -0.2) is 17.6 Å². The van der Waals surface area contributed by atoms with Crippen LogP contribution in [0.15, 0.2) is 11.6 Å². The predicted octanol–water partition coefficient (Wildman–Crippen LogP) is 2.85. The molecule has 2 nitrogen and oxygen atoms in total. The molecule has 1 atom stereocenters. The Balaban J connectivity index is 2.13. The van der Waals surface area contributed by atoms with Crippen molar-refractivity contribution in [1.29, 1.82) is 0 Å². The number of rotatable bonds is 7. The molecule has 0 aliphatic rings. The number of hydrogen-bond acceptors (Lipinski definition) is 3. The lowest BCUT2D eigenvalue weighted by molar-refractivity contribution is 0.467. The van der Waals surface area contributed by atoms with Gasteiger partial charge in [-0.05, 0) is 32.2 Å². The lowest BCUT2D eigenvalue weighted by atomic mass is 10.1. The molecule has 1 N–H and O–H groups in total. The Morgan fingerprint density at radius 1 is 1.50 bits per heavy atom. The van der Waals surface area contributed by atoms with Gasteiger partial charge in [0.05, 0.1) is 5.01 Å². The van der Waals surface area contributed by atoms with E-state index in [0.717, 1.165) is 13.0 Å². The van der Waals surface area contributed by atoms with Crippen LogP contribution >= 0.6 is 11.3 Å². The van der Waals surface area contributed by atoms with E-state index < -0.39 is 0 Å². The third kappa shape index (κ3) is 4.20. The third-order valence-electron chi connectivity index (χ3n) is 2.41. The Morgan fingerprint density at radius 3 is 2.93 bits per heavy atom. The van der Waals surface area contributed by atoms with Crippen molar-refractivity contribution in [3.8, 4) is 0 Å². The van der Waals surface area contributed by atoms with E-state index in [-0.39, 0.29) is 0 Å². The average Bonchev–Trinajstić information content (AvgIpc) is 2.69. The highest BCUT2D eigenvalue weighted by molar-refractivity contribution is 7.09. The number of aryl methyl sites for hydroxylation is 1. The van der Waals surface area contributed by atoms with E-state index in [1.807, 2.05) is 6.20 Å². The van der Waals surface area contributed by atoms with Crippen LogP contribution in [0, 0.1) is 0 Å². The van der Waals surface area contributed by atoms with Crippen molar-refractivity contribution in [2.75, 3.05) is 6.54 Å². The Labute approximate surface area is 90.8 Å². The molecule has 0 bridgehead atoms. The van der Waals surface area contributed by atoms with Crippen molar-refractivity contribution in [2.45, 2.75) is 45.6 Å². The van der Waals surface area contributed by atoms with Crippen molar-refractivity contribution in [3.63, 3.8) is 0 Å². The number of nitrogens with one attached hydrogen (secondary N) is 1. The molecule has 0 aliphatic carbocycles. The van der Waals surface area contributed by atoms with Gasteiger partial charge in [-0.2, -0.15) is 0 Å². The molecule has 1 unspecified atom stereocenters. The van der Waals surface area contributed by atoms with Gasteiger partial charge in [-0.25, -0.2) is 4.98 Å². The molecule has 0 fully saturated rings. The van der Waals surface area contributed by atoms with Gasteiger partial charge in [0.25, 0.3) is 0 Å². The van der Waals surface area contributed by atoms with E-state index in [1.54, 1.807) is 11.3 Å². The molecule has 0 aromatic carbocycles. The van der Waals surface area contributed by atoms with Gasteiger partial charge in [0.2, 0.25) is 0 Å². The van der Waals surface area contributed by atoms with Crippen molar-refractivity contribution in [1.82, 2.24) is 10.3 Å². The van der Waals surface area contributed by atoms with E-state index >= 15 is 0 Å². The minimum Gasteiger partial charge on any atom is -0.314 e. The first-order valence-corrected chi connectivity index (χ1v) is 6.36. The molecule has 0 radical (unpaired) electrons.